The Labute approximate surface area is 167 Å². The van der Waals surface area contributed by atoms with E-state index in [4.69, 9.17) is 23.2 Å². The number of carbonyl (C=O) groups excluding carboxylic acids is 3. The van der Waals surface area contributed by atoms with Gasteiger partial charge in [0.1, 0.15) is 0 Å². The number of likely N-dealkylation sites (N-methyl/N-ethyl adjacent to an activating group) is 2. The summed E-state index contributed by atoms with van der Waals surface area (Å²) in [5.41, 5.74) is 0.972. The minimum absolute atomic E-state index is 0.135. The summed E-state index contributed by atoms with van der Waals surface area (Å²) in [4.78, 5) is 39.2. The minimum atomic E-state index is -0.388. The Hall–Kier alpha value is -2.57. The average molecular weight is 408 g/mol. The molecule has 0 atom stereocenters. The Bertz CT molecular complexity index is 843. The Morgan fingerprint density at radius 1 is 0.889 bits per heavy atom. The third-order valence-corrected chi connectivity index (χ3v) is 4.49. The molecule has 142 valence electrons. The molecule has 2 rings (SSSR count). The van der Waals surface area contributed by atoms with Gasteiger partial charge in [-0.25, -0.2) is 0 Å². The van der Waals surface area contributed by atoms with Crippen molar-refractivity contribution in [2.75, 3.05) is 32.5 Å². The predicted molar refractivity (Wildman–Crippen MR) is 106 cm³/mol. The van der Waals surface area contributed by atoms with Crippen LogP contribution in [0.1, 0.15) is 10.4 Å². The molecule has 0 bridgehead atoms. The molecule has 0 unspecified atom stereocenters. The highest BCUT2D eigenvalue weighted by Gasteiger charge is 2.19. The van der Waals surface area contributed by atoms with Gasteiger partial charge in [0.25, 0.3) is 5.91 Å². The predicted octanol–water partition coefficient (Wildman–Crippen LogP) is 3.16. The van der Waals surface area contributed by atoms with E-state index in [2.05, 4.69) is 5.32 Å². The van der Waals surface area contributed by atoms with Crippen molar-refractivity contribution in [3.63, 3.8) is 0 Å². The number of hydrogen-bond acceptors (Lipinski definition) is 3. The van der Waals surface area contributed by atoms with Crippen LogP contribution in [0.5, 0.6) is 0 Å². The molecule has 0 aliphatic heterocycles. The van der Waals surface area contributed by atoms with Crippen molar-refractivity contribution in [3.05, 3.63) is 64.1 Å². The van der Waals surface area contributed by atoms with E-state index >= 15 is 0 Å². The Morgan fingerprint density at radius 3 is 2.19 bits per heavy atom. The summed E-state index contributed by atoms with van der Waals surface area (Å²) in [5, 5.41) is 3.34. The molecule has 2 aromatic carbocycles. The largest absolute Gasteiger partial charge is 0.335 e. The maximum absolute atomic E-state index is 12.3. The number of halogens is 2. The molecule has 0 heterocycles. The van der Waals surface area contributed by atoms with E-state index in [0.717, 1.165) is 0 Å². The van der Waals surface area contributed by atoms with E-state index in [1.807, 2.05) is 6.07 Å². The lowest BCUT2D eigenvalue weighted by atomic mass is 10.2. The zero-order valence-electron chi connectivity index (χ0n) is 14.9. The molecular formula is C19H19Cl2N3O3. The second-order valence-electron chi connectivity index (χ2n) is 5.95. The van der Waals surface area contributed by atoms with Crippen LogP contribution in [0.25, 0.3) is 0 Å². The van der Waals surface area contributed by atoms with Gasteiger partial charge >= 0.3 is 0 Å². The van der Waals surface area contributed by atoms with Gasteiger partial charge in [-0.2, -0.15) is 0 Å². The first-order valence-corrected chi connectivity index (χ1v) is 8.83. The molecule has 0 radical (unpaired) electrons. The highest BCUT2D eigenvalue weighted by molar-refractivity contribution is 6.42. The smallest absolute Gasteiger partial charge is 0.254 e. The monoisotopic (exact) mass is 407 g/mol. The SMILES string of the molecule is CN(CC(=O)Nc1ccc(Cl)c(Cl)c1)C(=O)CN(C)C(=O)c1ccccc1. The molecule has 0 saturated carbocycles. The van der Waals surface area contributed by atoms with Crippen LogP contribution in [-0.4, -0.2) is 54.7 Å². The molecule has 6 nitrogen and oxygen atoms in total. The second-order valence-corrected chi connectivity index (χ2v) is 6.77. The van der Waals surface area contributed by atoms with Gasteiger partial charge in [0, 0.05) is 25.3 Å². The zero-order valence-corrected chi connectivity index (χ0v) is 16.4. The van der Waals surface area contributed by atoms with E-state index in [-0.39, 0.29) is 30.8 Å². The normalized spacial score (nSPS) is 10.2. The van der Waals surface area contributed by atoms with Crippen LogP contribution in [0.4, 0.5) is 5.69 Å². The average Bonchev–Trinajstić information content (AvgIpc) is 2.64. The van der Waals surface area contributed by atoms with Crippen molar-refractivity contribution in [2.45, 2.75) is 0 Å². The van der Waals surface area contributed by atoms with Crippen LogP contribution in [0.15, 0.2) is 48.5 Å². The van der Waals surface area contributed by atoms with Crippen molar-refractivity contribution >= 4 is 46.6 Å². The number of nitrogens with one attached hydrogen (secondary N) is 1. The van der Waals surface area contributed by atoms with E-state index < -0.39 is 0 Å². The fraction of sp³-hybridized carbons (Fsp3) is 0.211. The van der Waals surface area contributed by atoms with Gasteiger partial charge in [-0.1, -0.05) is 41.4 Å². The molecule has 0 fully saturated rings. The van der Waals surface area contributed by atoms with Crippen molar-refractivity contribution in [3.8, 4) is 0 Å². The van der Waals surface area contributed by atoms with Gasteiger partial charge in [0.15, 0.2) is 0 Å². The molecule has 8 heteroatoms. The van der Waals surface area contributed by atoms with E-state index in [0.29, 0.717) is 21.3 Å². The maximum Gasteiger partial charge on any atom is 0.254 e. The Morgan fingerprint density at radius 2 is 1.56 bits per heavy atom. The molecule has 0 spiro atoms. The lowest BCUT2D eigenvalue weighted by Gasteiger charge is -2.22. The number of carbonyl (C=O) groups is 3. The molecule has 2 aromatic rings. The lowest BCUT2D eigenvalue weighted by Crippen LogP contribution is -2.42. The fourth-order valence-corrected chi connectivity index (χ4v) is 2.57. The summed E-state index contributed by atoms with van der Waals surface area (Å²) in [6.45, 7) is -0.295. The van der Waals surface area contributed by atoms with Crippen LogP contribution >= 0.6 is 23.2 Å². The van der Waals surface area contributed by atoms with Crippen LogP contribution in [0, 0.1) is 0 Å². The summed E-state index contributed by atoms with van der Waals surface area (Å²) in [6, 6.07) is 13.4. The van der Waals surface area contributed by atoms with Crippen LogP contribution in [0.3, 0.4) is 0 Å². The number of anilines is 1. The maximum atomic E-state index is 12.3. The summed E-state index contributed by atoms with van der Waals surface area (Å²) in [6.07, 6.45) is 0. The highest BCUT2D eigenvalue weighted by Crippen LogP contribution is 2.24. The number of rotatable bonds is 6. The number of nitrogens with zero attached hydrogens (tertiary/aromatic N) is 2. The summed E-state index contributed by atoms with van der Waals surface area (Å²) >= 11 is 11.7. The van der Waals surface area contributed by atoms with Gasteiger partial charge in [-0.3, -0.25) is 14.4 Å². The Kier molecular flexibility index (Phi) is 7.21. The number of hydrogen-bond donors (Lipinski definition) is 1. The molecule has 0 saturated heterocycles. The third-order valence-electron chi connectivity index (χ3n) is 3.75. The third kappa shape index (κ3) is 5.98. The van der Waals surface area contributed by atoms with E-state index in [9.17, 15) is 14.4 Å². The first kappa shape index (κ1) is 20.7. The topological polar surface area (TPSA) is 69.7 Å². The van der Waals surface area contributed by atoms with Crippen LogP contribution < -0.4 is 5.32 Å². The minimum Gasteiger partial charge on any atom is -0.335 e. The van der Waals surface area contributed by atoms with Crippen LogP contribution in [-0.2, 0) is 9.59 Å². The van der Waals surface area contributed by atoms with E-state index in [1.54, 1.807) is 36.4 Å². The molecule has 27 heavy (non-hydrogen) atoms. The van der Waals surface area contributed by atoms with Gasteiger partial charge in [0.2, 0.25) is 11.8 Å². The highest BCUT2D eigenvalue weighted by atomic mass is 35.5. The number of benzene rings is 2. The van der Waals surface area contributed by atoms with E-state index in [1.165, 1.54) is 30.0 Å². The molecular weight excluding hydrogens is 389 g/mol. The fourth-order valence-electron chi connectivity index (χ4n) is 2.27. The van der Waals surface area contributed by atoms with Crippen LogP contribution in [0.2, 0.25) is 10.0 Å². The summed E-state index contributed by atoms with van der Waals surface area (Å²) in [5.74, 6) is -1.01. The molecule has 0 aliphatic rings. The summed E-state index contributed by atoms with van der Waals surface area (Å²) in [7, 11) is 3.04. The van der Waals surface area contributed by atoms with Gasteiger partial charge in [-0.05, 0) is 30.3 Å². The van der Waals surface area contributed by atoms with Crippen molar-refractivity contribution < 1.29 is 14.4 Å². The van der Waals surface area contributed by atoms with Gasteiger partial charge < -0.3 is 15.1 Å². The standard InChI is InChI=1S/C19H19Cl2N3O3/c1-23(11-17(25)22-14-8-9-15(20)16(21)10-14)18(26)12-24(2)19(27)13-6-4-3-5-7-13/h3-10H,11-12H2,1-2H3,(H,22,25). The molecule has 0 aliphatic carbocycles. The first-order valence-electron chi connectivity index (χ1n) is 8.07. The van der Waals surface area contributed by atoms with Gasteiger partial charge in [-0.15, -0.1) is 0 Å². The summed E-state index contributed by atoms with van der Waals surface area (Å²) < 4.78 is 0. The molecule has 0 aromatic heterocycles. The van der Waals surface area contributed by atoms with Crippen molar-refractivity contribution in [1.29, 1.82) is 0 Å². The van der Waals surface area contributed by atoms with Crippen molar-refractivity contribution in [2.24, 2.45) is 0 Å². The first-order chi connectivity index (χ1) is 12.8. The molecule has 3 amide bonds. The quantitative estimate of drug-likeness (QED) is 0.799. The zero-order chi connectivity index (χ0) is 20.0. The van der Waals surface area contributed by atoms with Gasteiger partial charge in [0.05, 0.1) is 23.1 Å². The second kappa shape index (κ2) is 9.39. The number of amides is 3. The Balaban J connectivity index is 1.88. The molecule has 1 N–H and O–H groups in total. The van der Waals surface area contributed by atoms with Crippen molar-refractivity contribution in [1.82, 2.24) is 9.80 Å². The lowest BCUT2D eigenvalue weighted by molar-refractivity contribution is -0.133.